The van der Waals surface area contributed by atoms with Crippen LogP contribution in [0.1, 0.15) is 26.2 Å². The number of alkyl halides is 2. The number of hydrogen-bond donors (Lipinski definition) is 2. The SMILES string of the molecule is CC(NCCCCC(N)=O)C(F)F. The number of nitrogens with one attached hydrogen (secondary N) is 1. The molecule has 0 aliphatic heterocycles. The molecule has 1 amide bonds. The molecule has 0 bridgehead atoms. The second-order valence-corrected chi connectivity index (χ2v) is 3.00. The highest BCUT2D eigenvalue weighted by Crippen LogP contribution is 2.00. The van der Waals surface area contributed by atoms with Gasteiger partial charge in [-0.25, -0.2) is 8.78 Å². The Morgan fingerprint density at radius 1 is 1.46 bits per heavy atom. The molecule has 0 aliphatic rings. The van der Waals surface area contributed by atoms with Crippen molar-refractivity contribution in [1.82, 2.24) is 5.32 Å². The predicted octanol–water partition coefficient (Wildman–Crippen LogP) is 0.885. The topological polar surface area (TPSA) is 55.1 Å². The summed E-state index contributed by atoms with van der Waals surface area (Å²) in [5.74, 6) is -0.345. The Bertz CT molecular complexity index is 153. The number of hydrogen-bond acceptors (Lipinski definition) is 2. The zero-order valence-electron chi connectivity index (χ0n) is 7.72. The molecular weight excluding hydrogens is 178 g/mol. The Balaban J connectivity index is 3.21. The number of halogens is 2. The maximum Gasteiger partial charge on any atom is 0.253 e. The lowest BCUT2D eigenvalue weighted by molar-refractivity contribution is -0.118. The molecule has 0 heterocycles. The maximum atomic E-state index is 11.9. The van der Waals surface area contributed by atoms with Crippen LogP contribution >= 0.6 is 0 Å². The van der Waals surface area contributed by atoms with Crippen LogP contribution in [0.2, 0.25) is 0 Å². The fourth-order valence-corrected chi connectivity index (χ4v) is 0.843. The summed E-state index contributed by atoms with van der Waals surface area (Å²) in [5.41, 5.74) is 4.90. The van der Waals surface area contributed by atoms with Gasteiger partial charge < -0.3 is 11.1 Å². The van der Waals surface area contributed by atoms with Crippen molar-refractivity contribution in [2.24, 2.45) is 5.73 Å². The van der Waals surface area contributed by atoms with Gasteiger partial charge >= 0.3 is 0 Å². The van der Waals surface area contributed by atoms with Crippen LogP contribution in [0.25, 0.3) is 0 Å². The lowest BCUT2D eigenvalue weighted by atomic mass is 10.2. The minimum Gasteiger partial charge on any atom is -0.370 e. The number of carbonyl (C=O) groups excluding carboxylic acids is 1. The van der Waals surface area contributed by atoms with Gasteiger partial charge in [-0.2, -0.15) is 0 Å². The van der Waals surface area contributed by atoms with Crippen LogP contribution in [0.3, 0.4) is 0 Å². The van der Waals surface area contributed by atoms with Crippen LogP contribution in [0.15, 0.2) is 0 Å². The smallest absolute Gasteiger partial charge is 0.253 e. The van der Waals surface area contributed by atoms with E-state index < -0.39 is 12.5 Å². The summed E-state index contributed by atoms with van der Waals surface area (Å²) < 4.78 is 23.9. The van der Waals surface area contributed by atoms with Gasteiger partial charge in [0.1, 0.15) is 0 Å². The first kappa shape index (κ1) is 12.3. The van der Waals surface area contributed by atoms with Crippen LogP contribution in [0, 0.1) is 0 Å². The number of primary amides is 1. The van der Waals surface area contributed by atoms with E-state index in [0.29, 0.717) is 25.8 Å². The van der Waals surface area contributed by atoms with E-state index >= 15 is 0 Å². The minimum atomic E-state index is -2.34. The normalized spacial score (nSPS) is 13.2. The molecule has 0 saturated heterocycles. The van der Waals surface area contributed by atoms with Crippen molar-refractivity contribution in [3.05, 3.63) is 0 Å². The average molecular weight is 194 g/mol. The highest BCUT2D eigenvalue weighted by Gasteiger charge is 2.12. The fraction of sp³-hybridized carbons (Fsp3) is 0.875. The molecule has 0 aliphatic carbocycles. The van der Waals surface area contributed by atoms with Crippen LogP contribution in [-0.2, 0) is 4.79 Å². The van der Waals surface area contributed by atoms with E-state index in [-0.39, 0.29) is 5.91 Å². The van der Waals surface area contributed by atoms with E-state index in [1.165, 1.54) is 6.92 Å². The van der Waals surface area contributed by atoms with Crippen LogP contribution in [0.4, 0.5) is 8.78 Å². The molecule has 0 aromatic rings. The van der Waals surface area contributed by atoms with Gasteiger partial charge in [0.25, 0.3) is 6.43 Å². The number of unbranched alkanes of at least 4 members (excludes halogenated alkanes) is 1. The van der Waals surface area contributed by atoms with Crippen LogP contribution in [0.5, 0.6) is 0 Å². The number of amides is 1. The highest BCUT2D eigenvalue weighted by molar-refractivity contribution is 5.73. The van der Waals surface area contributed by atoms with Crippen molar-refractivity contribution < 1.29 is 13.6 Å². The third-order valence-corrected chi connectivity index (χ3v) is 1.69. The molecule has 13 heavy (non-hydrogen) atoms. The molecule has 0 radical (unpaired) electrons. The molecule has 0 rings (SSSR count). The standard InChI is InChI=1S/C8H16F2N2O/c1-6(8(9)10)12-5-3-2-4-7(11)13/h6,8,12H,2-5H2,1H3,(H2,11,13). The van der Waals surface area contributed by atoms with Gasteiger partial charge in [-0.1, -0.05) is 0 Å². The minimum absolute atomic E-state index is 0.324. The second kappa shape index (κ2) is 6.77. The highest BCUT2D eigenvalue weighted by atomic mass is 19.3. The summed E-state index contributed by atoms with van der Waals surface area (Å²) in [5, 5.41) is 2.65. The van der Waals surface area contributed by atoms with Crippen molar-refractivity contribution in [2.45, 2.75) is 38.7 Å². The van der Waals surface area contributed by atoms with E-state index in [1.807, 2.05) is 0 Å². The summed E-state index contributed by atoms with van der Waals surface area (Å²) >= 11 is 0. The summed E-state index contributed by atoms with van der Waals surface area (Å²) in [6.45, 7) is 1.93. The second-order valence-electron chi connectivity index (χ2n) is 3.00. The van der Waals surface area contributed by atoms with Gasteiger partial charge in [0.15, 0.2) is 0 Å². The molecule has 0 fully saturated rings. The van der Waals surface area contributed by atoms with Crippen molar-refractivity contribution in [3.8, 4) is 0 Å². The molecule has 0 saturated carbocycles. The molecule has 1 unspecified atom stereocenters. The zero-order valence-corrected chi connectivity index (χ0v) is 7.72. The maximum absolute atomic E-state index is 11.9. The Labute approximate surface area is 76.7 Å². The van der Waals surface area contributed by atoms with Gasteiger partial charge in [-0.05, 0) is 26.3 Å². The fourth-order valence-electron chi connectivity index (χ4n) is 0.843. The van der Waals surface area contributed by atoms with Gasteiger partial charge in [-0.3, -0.25) is 4.79 Å². The molecule has 0 spiro atoms. The third-order valence-electron chi connectivity index (χ3n) is 1.69. The van der Waals surface area contributed by atoms with E-state index in [0.717, 1.165) is 0 Å². The molecule has 0 aromatic carbocycles. The van der Waals surface area contributed by atoms with Gasteiger partial charge in [0.05, 0.1) is 6.04 Å². The Morgan fingerprint density at radius 2 is 2.08 bits per heavy atom. The molecule has 78 valence electrons. The van der Waals surface area contributed by atoms with Gasteiger partial charge in [-0.15, -0.1) is 0 Å². The summed E-state index contributed by atoms with van der Waals surface area (Å²) in [7, 11) is 0. The van der Waals surface area contributed by atoms with E-state index in [4.69, 9.17) is 5.73 Å². The molecular formula is C8H16F2N2O. The Hall–Kier alpha value is -0.710. The van der Waals surface area contributed by atoms with Crippen molar-refractivity contribution in [3.63, 3.8) is 0 Å². The van der Waals surface area contributed by atoms with Crippen molar-refractivity contribution in [1.29, 1.82) is 0 Å². The first-order valence-corrected chi connectivity index (χ1v) is 4.34. The molecule has 1 atom stereocenters. The molecule has 0 aromatic heterocycles. The lowest BCUT2D eigenvalue weighted by Crippen LogP contribution is -2.33. The van der Waals surface area contributed by atoms with E-state index in [2.05, 4.69) is 5.32 Å². The molecule has 5 heteroatoms. The van der Waals surface area contributed by atoms with E-state index in [1.54, 1.807) is 0 Å². The Kier molecular flexibility index (Phi) is 6.40. The van der Waals surface area contributed by atoms with Crippen LogP contribution < -0.4 is 11.1 Å². The zero-order chi connectivity index (χ0) is 10.3. The van der Waals surface area contributed by atoms with Crippen molar-refractivity contribution in [2.75, 3.05) is 6.54 Å². The monoisotopic (exact) mass is 194 g/mol. The van der Waals surface area contributed by atoms with Gasteiger partial charge in [0.2, 0.25) is 5.91 Å². The average Bonchev–Trinajstić information content (AvgIpc) is 2.02. The summed E-state index contributed by atoms with van der Waals surface area (Å²) in [4.78, 5) is 10.3. The summed E-state index contributed by atoms with van der Waals surface area (Å²) in [6, 6.07) is -0.784. The predicted molar refractivity (Wildman–Crippen MR) is 46.5 cm³/mol. The van der Waals surface area contributed by atoms with Crippen molar-refractivity contribution >= 4 is 5.91 Å². The Morgan fingerprint density at radius 3 is 2.54 bits per heavy atom. The first-order valence-electron chi connectivity index (χ1n) is 4.34. The quantitative estimate of drug-likeness (QED) is 0.591. The van der Waals surface area contributed by atoms with Crippen LogP contribution in [-0.4, -0.2) is 24.9 Å². The summed E-state index contributed by atoms with van der Waals surface area (Å²) in [6.07, 6.45) is -0.667. The van der Waals surface area contributed by atoms with E-state index in [9.17, 15) is 13.6 Å². The first-order chi connectivity index (χ1) is 6.04. The number of nitrogens with two attached hydrogens (primary N) is 1. The number of carbonyl (C=O) groups is 1. The molecule has 3 nitrogen and oxygen atoms in total. The largest absolute Gasteiger partial charge is 0.370 e. The molecule has 3 N–H and O–H groups in total. The third kappa shape index (κ3) is 7.64. The lowest BCUT2D eigenvalue weighted by Gasteiger charge is -2.11. The number of rotatable bonds is 7. The van der Waals surface area contributed by atoms with Gasteiger partial charge in [0, 0.05) is 6.42 Å².